The van der Waals surface area contributed by atoms with Crippen LogP contribution in [0.15, 0.2) is 42.5 Å². The molecule has 0 saturated carbocycles. The SMILES string of the molecule is Cc1cccc(C)c1CS(=O)(=O)NC(C)CCN1C(=O)c2ccccc2C1=O. The van der Waals surface area contributed by atoms with Crippen molar-refractivity contribution >= 4 is 21.8 Å². The number of nitrogens with zero attached hydrogens (tertiary/aromatic N) is 1. The third-order valence-electron chi connectivity index (χ3n) is 5.02. The Hall–Kier alpha value is -2.51. The Bertz CT molecular complexity index is 975. The van der Waals surface area contributed by atoms with Gasteiger partial charge in [-0.2, -0.15) is 0 Å². The van der Waals surface area contributed by atoms with Crippen LogP contribution in [0.25, 0.3) is 0 Å². The van der Waals surface area contributed by atoms with Crippen molar-refractivity contribution in [2.24, 2.45) is 0 Å². The minimum Gasteiger partial charge on any atom is -0.274 e. The van der Waals surface area contributed by atoms with Gasteiger partial charge in [-0.1, -0.05) is 30.3 Å². The summed E-state index contributed by atoms with van der Waals surface area (Å²) in [5, 5.41) is 0. The third kappa shape index (κ3) is 4.15. The number of hydrogen-bond donors (Lipinski definition) is 1. The summed E-state index contributed by atoms with van der Waals surface area (Å²) < 4.78 is 27.8. The molecule has 0 spiro atoms. The number of sulfonamides is 1. The molecule has 1 atom stereocenters. The topological polar surface area (TPSA) is 83.6 Å². The second-order valence-corrected chi connectivity index (χ2v) is 9.00. The van der Waals surface area contributed by atoms with Gasteiger partial charge in [-0.3, -0.25) is 14.5 Å². The first-order valence-corrected chi connectivity index (χ1v) is 10.8. The van der Waals surface area contributed by atoms with Crippen LogP contribution in [-0.4, -0.2) is 37.7 Å². The van der Waals surface area contributed by atoms with E-state index in [-0.39, 0.29) is 24.1 Å². The molecule has 3 rings (SSSR count). The van der Waals surface area contributed by atoms with Crippen molar-refractivity contribution < 1.29 is 18.0 Å². The van der Waals surface area contributed by atoms with E-state index >= 15 is 0 Å². The molecule has 7 heteroatoms. The molecule has 1 heterocycles. The number of hydrogen-bond acceptors (Lipinski definition) is 4. The molecule has 1 aliphatic rings. The molecule has 0 bridgehead atoms. The molecule has 1 unspecified atom stereocenters. The summed E-state index contributed by atoms with van der Waals surface area (Å²) in [7, 11) is -3.54. The van der Waals surface area contributed by atoms with Gasteiger partial charge in [0.1, 0.15) is 0 Å². The molecular formula is C21H24N2O4S. The van der Waals surface area contributed by atoms with Crippen molar-refractivity contribution in [1.82, 2.24) is 9.62 Å². The van der Waals surface area contributed by atoms with Gasteiger partial charge in [0.2, 0.25) is 10.0 Å². The highest BCUT2D eigenvalue weighted by Crippen LogP contribution is 2.23. The Morgan fingerprint density at radius 3 is 2.00 bits per heavy atom. The molecule has 28 heavy (non-hydrogen) atoms. The summed E-state index contributed by atoms with van der Waals surface area (Å²) in [6.45, 7) is 5.69. The molecule has 6 nitrogen and oxygen atoms in total. The van der Waals surface area contributed by atoms with Gasteiger partial charge < -0.3 is 0 Å². The molecule has 1 N–H and O–H groups in total. The highest BCUT2D eigenvalue weighted by molar-refractivity contribution is 7.88. The maximum atomic E-state index is 12.6. The molecule has 0 aromatic heterocycles. The van der Waals surface area contributed by atoms with Crippen LogP contribution in [-0.2, 0) is 15.8 Å². The van der Waals surface area contributed by atoms with Crippen molar-refractivity contribution in [2.45, 2.75) is 39.0 Å². The molecule has 0 fully saturated rings. The van der Waals surface area contributed by atoms with Crippen LogP contribution < -0.4 is 4.72 Å². The second-order valence-electron chi connectivity index (χ2n) is 7.24. The van der Waals surface area contributed by atoms with Gasteiger partial charge in [0.15, 0.2) is 0 Å². The maximum Gasteiger partial charge on any atom is 0.261 e. The average molecular weight is 401 g/mol. The maximum absolute atomic E-state index is 12.6. The van der Waals surface area contributed by atoms with Gasteiger partial charge in [-0.15, -0.1) is 0 Å². The van der Waals surface area contributed by atoms with Crippen LogP contribution in [0, 0.1) is 13.8 Å². The molecule has 2 aromatic carbocycles. The van der Waals surface area contributed by atoms with E-state index in [4.69, 9.17) is 0 Å². The zero-order chi connectivity index (χ0) is 20.5. The highest BCUT2D eigenvalue weighted by Gasteiger charge is 2.35. The Labute approximate surface area is 165 Å². The number of rotatable bonds is 7. The van der Waals surface area contributed by atoms with Gasteiger partial charge in [-0.05, 0) is 56.0 Å². The van der Waals surface area contributed by atoms with Crippen LogP contribution in [0.2, 0.25) is 0 Å². The quantitative estimate of drug-likeness (QED) is 0.725. The summed E-state index contributed by atoms with van der Waals surface area (Å²) in [6, 6.07) is 12.0. The van der Waals surface area contributed by atoms with Gasteiger partial charge in [0.05, 0.1) is 16.9 Å². The van der Waals surface area contributed by atoms with Crippen LogP contribution in [0.3, 0.4) is 0 Å². The fourth-order valence-corrected chi connectivity index (χ4v) is 5.09. The molecule has 1 aliphatic heterocycles. The Morgan fingerprint density at radius 2 is 1.46 bits per heavy atom. The standard InChI is InChI=1S/C21H24N2O4S/c1-14-7-6-8-15(2)19(14)13-28(26,27)22-16(3)11-12-23-20(24)17-9-4-5-10-18(17)21(23)25/h4-10,16,22H,11-13H2,1-3H3. The minimum absolute atomic E-state index is 0.0944. The average Bonchev–Trinajstić information content (AvgIpc) is 2.87. The number of amides is 2. The van der Waals surface area contributed by atoms with Crippen LogP contribution in [0.4, 0.5) is 0 Å². The summed E-state index contributed by atoms with van der Waals surface area (Å²) >= 11 is 0. The first kappa shape index (κ1) is 20.2. The van der Waals surface area contributed by atoms with E-state index in [9.17, 15) is 18.0 Å². The van der Waals surface area contributed by atoms with Gasteiger partial charge in [0.25, 0.3) is 11.8 Å². The van der Waals surface area contributed by atoms with Crippen LogP contribution in [0.1, 0.15) is 50.8 Å². The molecule has 0 radical (unpaired) electrons. The Kier molecular flexibility index (Phi) is 5.67. The molecule has 2 amide bonds. The zero-order valence-corrected chi connectivity index (χ0v) is 17.0. The highest BCUT2D eigenvalue weighted by atomic mass is 32.2. The number of fused-ring (bicyclic) bond motifs is 1. The number of carbonyl (C=O) groups is 2. The van der Waals surface area contributed by atoms with E-state index in [1.807, 2.05) is 32.0 Å². The fourth-order valence-electron chi connectivity index (χ4n) is 3.44. The summed E-state index contributed by atoms with van der Waals surface area (Å²) in [5.41, 5.74) is 3.46. The van der Waals surface area contributed by atoms with E-state index in [0.717, 1.165) is 16.7 Å². The monoisotopic (exact) mass is 400 g/mol. The Balaban J connectivity index is 1.61. The third-order valence-corrected chi connectivity index (χ3v) is 6.45. The first-order valence-electron chi connectivity index (χ1n) is 9.20. The summed E-state index contributed by atoms with van der Waals surface area (Å²) in [4.78, 5) is 26.0. The number of benzene rings is 2. The van der Waals surface area contributed by atoms with E-state index < -0.39 is 16.1 Å². The zero-order valence-electron chi connectivity index (χ0n) is 16.2. The minimum atomic E-state index is -3.54. The van der Waals surface area contributed by atoms with Crippen LogP contribution >= 0.6 is 0 Å². The number of imide groups is 1. The van der Waals surface area contributed by atoms with E-state index in [2.05, 4.69) is 4.72 Å². The predicted octanol–water partition coefficient (Wildman–Crippen LogP) is 2.80. The number of aryl methyl sites for hydroxylation is 2. The fraction of sp³-hybridized carbons (Fsp3) is 0.333. The summed E-state index contributed by atoms with van der Waals surface area (Å²) in [6.07, 6.45) is 0.345. The molecular weight excluding hydrogens is 376 g/mol. The predicted molar refractivity (Wildman–Crippen MR) is 108 cm³/mol. The van der Waals surface area contributed by atoms with Crippen molar-refractivity contribution in [3.63, 3.8) is 0 Å². The lowest BCUT2D eigenvalue weighted by molar-refractivity contribution is 0.0650. The van der Waals surface area contributed by atoms with Gasteiger partial charge in [-0.25, -0.2) is 13.1 Å². The summed E-state index contributed by atoms with van der Waals surface area (Å²) in [5.74, 6) is -0.750. The van der Waals surface area contributed by atoms with E-state index in [1.165, 1.54) is 4.90 Å². The van der Waals surface area contributed by atoms with Crippen molar-refractivity contribution in [1.29, 1.82) is 0 Å². The van der Waals surface area contributed by atoms with Gasteiger partial charge >= 0.3 is 0 Å². The van der Waals surface area contributed by atoms with Crippen LogP contribution in [0.5, 0.6) is 0 Å². The molecule has 0 aliphatic carbocycles. The largest absolute Gasteiger partial charge is 0.274 e. The number of nitrogens with one attached hydrogen (secondary N) is 1. The van der Waals surface area contributed by atoms with Gasteiger partial charge in [0, 0.05) is 12.6 Å². The normalized spacial score (nSPS) is 15.0. The molecule has 0 saturated heterocycles. The molecule has 148 valence electrons. The lowest BCUT2D eigenvalue weighted by Gasteiger charge is -2.19. The van der Waals surface area contributed by atoms with E-state index in [1.54, 1.807) is 31.2 Å². The first-order chi connectivity index (χ1) is 13.2. The lowest BCUT2D eigenvalue weighted by Crippen LogP contribution is -2.38. The van der Waals surface area contributed by atoms with E-state index in [0.29, 0.717) is 17.5 Å². The molecule has 2 aromatic rings. The van der Waals surface area contributed by atoms with Crippen molar-refractivity contribution in [3.05, 3.63) is 70.3 Å². The Morgan fingerprint density at radius 1 is 0.929 bits per heavy atom. The number of carbonyl (C=O) groups excluding carboxylic acids is 2. The lowest BCUT2D eigenvalue weighted by atomic mass is 10.1. The smallest absolute Gasteiger partial charge is 0.261 e. The van der Waals surface area contributed by atoms with Crippen molar-refractivity contribution in [2.75, 3.05) is 6.54 Å². The second kappa shape index (κ2) is 7.85. The van der Waals surface area contributed by atoms with Crippen molar-refractivity contribution in [3.8, 4) is 0 Å².